The van der Waals surface area contributed by atoms with Crippen molar-refractivity contribution in [1.29, 1.82) is 0 Å². The second-order valence-corrected chi connectivity index (χ2v) is 7.08. The average molecular weight is 406 g/mol. The van der Waals surface area contributed by atoms with E-state index in [1.807, 2.05) is 57.2 Å². The number of benzene rings is 2. The third kappa shape index (κ3) is 5.26. The molecule has 0 atom stereocenters. The topological polar surface area (TPSA) is 85.2 Å². The number of hydrogen-bond acceptors (Lipinski definition) is 4. The van der Waals surface area contributed by atoms with E-state index in [4.69, 9.17) is 4.74 Å². The summed E-state index contributed by atoms with van der Waals surface area (Å²) in [4.78, 5) is 28.5. The highest BCUT2D eigenvalue weighted by Gasteiger charge is 2.11. The molecule has 7 nitrogen and oxygen atoms in total. The second kappa shape index (κ2) is 9.73. The number of carbonyl (C=O) groups excluding carboxylic acids is 2. The zero-order valence-corrected chi connectivity index (χ0v) is 17.4. The molecule has 0 unspecified atom stereocenters. The Labute approximate surface area is 176 Å². The molecule has 0 bridgehead atoms. The molecule has 0 saturated carbocycles. The van der Waals surface area contributed by atoms with E-state index >= 15 is 0 Å². The Kier molecular flexibility index (Phi) is 6.85. The monoisotopic (exact) mass is 406 g/mol. The maximum atomic E-state index is 12.5. The summed E-state index contributed by atoms with van der Waals surface area (Å²) < 4.78 is 7.38. The van der Waals surface area contributed by atoms with Crippen molar-refractivity contribution in [2.75, 3.05) is 11.9 Å². The number of ether oxygens (including phenoxy) is 1. The molecule has 0 aliphatic carbocycles. The SMILES string of the molecule is CCOc1ccccc1CNC(=O)c1ccc(-n2cnc(NC(=O)C(C)C)c2)cc1. The number of nitrogens with zero attached hydrogens (tertiary/aromatic N) is 2. The molecular weight excluding hydrogens is 380 g/mol. The molecule has 30 heavy (non-hydrogen) atoms. The molecule has 3 rings (SSSR count). The van der Waals surface area contributed by atoms with Gasteiger partial charge < -0.3 is 19.9 Å². The first kappa shape index (κ1) is 21.1. The first-order valence-corrected chi connectivity index (χ1v) is 9.92. The zero-order valence-electron chi connectivity index (χ0n) is 17.4. The Morgan fingerprint density at radius 2 is 1.83 bits per heavy atom. The number of hydrogen-bond donors (Lipinski definition) is 2. The fraction of sp³-hybridized carbons (Fsp3) is 0.261. The van der Waals surface area contributed by atoms with Gasteiger partial charge in [0, 0.05) is 29.3 Å². The molecule has 156 valence electrons. The lowest BCUT2D eigenvalue weighted by Crippen LogP contribution is -2.23. The van der Waals surface area contributed by atoms with Gasteiger partial charge in [0.15, 0.2) is 5.82 Å². The minimum absolute atomic E-state index is 0.0850. The Bertz CT molecular complexity index is 1010. The molecule has 2 N–H and O–H groups in total. The van der Waals surface area contributed by atoms with Crippen LogP contribution in [0.3, 0.4) is 0 Å². The number of rotatable bonds is 8. The standard InChI is InChI=1S/C23H26N4O3/c1-4-30-20-8-6-5-7-18(20)13-24-23(29)17-9-11-19(12-10-17)27-14-21(25-15-27)26-22(28)16(2)3/h5-12,14-16H,4,13H2,1-3H3,(H,24,29)(H,26,28). The van der Waals surface area contributed by atoms with Gasteiger partial charge in [-0.1, -0.05) is 32.0 Å². The third-order valence-electron chi connectivity index (χ3n) is 4.50. The van der Waals surface area contributed by atoms with E-state index in [-0.39, 0.29) is 17.7 Å². The van der Waals surface area contributed by atoms with Gasteiger partial charge in [-0.05, 0) is 37.3 Å². The maximum absolute atomic E-state index is 12.5. The maximum Gasteiger partial charge on any atom is 0.251 e. The van der Waals surface area contributed by atoms with Crippen molar-refractivity contribution in [3.63, 3.8) is 0 Å². The summed E-state index contributed by atoms with van der Waals surface area (Å²) in [6.45, 7) is 6.54. The van der Waals surface area contributed by atoms with Crippen LogP contribution in [0.2, 0.25) is 0 Å². The predicted molar refractivity (Wildman–Crippen MR) is 116 cm³/mol. The van der Waals surface area contributed by atoms with Crippen molar-refractivity contribution >= 4 is 17.6 Å². The number of nitrogens with one attached hydrogen (secondary N) is 2. The van der Waals surface area contributed by atoms with Gasteiger partial charge in [-0.2, -0.15) is 0 Å². The van der Waals surface area contributed by atoms with Gasteiger partial charge in [0.2, 0.25) is 5.91 Å². The lowest BCUT2D eigenvalue weighted by Gasteiger charge is -2.11. The first-order chi connectivity index (χ1) is 14.5. The van der Waals surface area contributed by atoms with Gasteiger partial charge in [-0.3, -0.25) is 9.59 Å². The van der Waals surface area contributed by atoms with Crippen molar-refractivity contribution in [2.24, 2.45) is 5.92 Å². The van der Waals surface area contributed by atoms with Crippen molar-refractivity contribution in [1.82, 2.24) is 14.9 Å². The molecule has 2 amide bonds. The molecule has 0 fully saturated rings. The Balaban J connectivity index is 1.62. The molecule has 1 heterocycles. The van der Waals surface area contributed by atoms with E-state index in [1.54, 1.807) is 29.2 Å². The Hall–Kier alpha value is -3.61. The van der Waals surface area contributed by atoms with E-state index in [0.717, 1.165) is 17.0 Å². The molecule has 0 aliphatic heterocycles. The van der Waals surface area contributed by atoms with Gasteiger partial charge in [-0.15, -0.1) is 0 Å². The highest BCUT2D eigenvalue weighted by Crippen LogP contribution is 2.18. The summed E-state index contributed by atoms with van der Waals surface area (Å²) in [7, 11) is 0. The average Bonchev–Trinajstić information content (AvgIpc) is 3.21. The van der Waals surface area contributed by atoms with Crippen molar-refractivity contribution in [3.05, 3.63) is 72.2 Å². The molecule has 0 radical (unpaired) electrons. The summed E-state index contributed by atoms with van der Waals surface area (Å²) >= 11 is 0. The third-order valence-corrected chi connectivity index (χ3v) is 4.50. The summed E-state index contributed by atoms with van der Waals surface area (Å²) in [5.41, 5.74) is 2.32. The van der Waals surface area contributed by atoms with Crippen LogP contribution < -0.4 is 15.4 Å². The lowest BCUT2D eigenvalue weighted by molar-refractivity contribution is -0.118. The van der Waals surface area contributed by atoms with E-state index in [0.29, 0.717) is 24.5 Å². The highest BCUT2D eigenvalue weighted by atomic mass is 16.5. The normalized spacial score (nSPS) is 10.7. The summed E-state index contributed by atoms with van der Waals surface area (Å²) in [6.07, 6.45) is 3.36. The lowest BCUT2D eigenvalue weighted by atomic mass is 10.1. The number of amides is 2. The van der Waals surface area contributed by atoms with Gasteiger partial charge in [0.25, 0.3) is 5.91 Å². The van der Waals surface area contributed by atoms with E-state index in [2.05, 4.69) is 15.6 Å². The van der Waals surface area contributed by atoms with Crippen LogP contribution in [0.4, 0.5) is 5.82 Å². The molecule has 0 saturated heterocycles. The molecule has 0 spiro atoms. The largest absolute Gasteiger partial charge is 0.494 e. The van der Waals surface area contributed by atoms with Crippen LogP contribution in [0, 0.1) is 5.92 Å². The molecule has 1 aromatic heterocycles. The van der Waals surface area contributed by atoms with Crippen LogP contribution in [-0.4, -0.2) is 28.0 Å². The Morgan fingerprint density at radius 3 is 2.53 bits per heavy atom. The van der Waals surface area contributed by atoms with Crippen LogP contribution in [0.15, 0.2) is 61.1 Å². The van der Waals surface area contributed by atoms with Gasteiger partial charge in [0.1, 0.15) is 12.1 Å². The van der Waals surface area contributed by atoms with Crippen LogP contribution in [0.5, 0.6) is 5.75 Å². The smallest absolute Gasteiger partial charge is 0.251 e. The van der Waals surface area contributed by atoms with Gasteiger partial charge in [-0.25, -0.2) is 4.98 Å². The molecule has 0 aliphatic rings. The highest BCUT2D eigenvalue weighted by molar-refractivity contribution is 5.94. The number of imidazole rings is 1. The van der Waals surface area contributed by atoms with E-state index < -0.39 is 0 Å². The van der Waals surface area contributed by atoms with Crippen molar-refractivity contribution in [3.8, 4) is 11.4 Å². The number of anilines is 1. The molecule has 3 aromatic rings. The van der Waals surface area contributed by atoms with Crippen molar-refractivity contribution in [2.45, 2.75) is 27.3 Å². The van der Waals surface area contributed by atoms with Crippen LogP contribution in [-0.2, 0) is 11.3 Å². The van der Waals surface area contributed by atoms with Crippen LogP contribution in [0.25, 0.3) is 5.69 Å². The fourth-order valence-corrected chi connectivity index (χ4v) is 2.81. The summed E-state index contributed by atoms with van der Waals surface area (Å²) in [5, 5.41) is 5.69. The van der Waals surface area contributed by atoms with Gasteiger partial charge in [0.05, 0.1) is 12.8 Å². The number of carbonyl (C=O) groups is 2. The quantitative estimate of drug-likeness (QED) is 0.596. The molecule has 7 heteroatoms. The predicted octanol–water partition coefficient (Wildman–Crippen LogP) is 3.80. The van der Waals surface area contributed by atoms with Crippen LogP contribution in [0.1, 0.15) is 36.7 Å². The van der Waals surface area contributed by atoms with Crippen molar-refractivity contribution < 1.29 is 14.3 Å². The fourth-order valence-electron chi connectivity index (χ4n) is 2.81. The first-order valence-electron chi connectivity index (χ1n) is 9.92. The number of aromatic nitrogens is 2. The minimum atomic E-state index is -0.164. The molecule has 2 aromatic carbocycles. The summed E-state index contributed by atoms with van der Waals surface area (Å²) in [6, 6.07) is 14.8. The zero-order chi connectivity index (χ0) is 21.5. The Morgan fingerprint density at radius 1 is 1.10 bits per heavy atom. The van der Waals surface area contributed by atoms with Gasteiger partial charge >= 0.3 is 0 Å². The molecular formula is C23H26N4O3. The number of para-hydroxylation sites is 1. The van der Waals surface area contributed by atoms with E-state index in [1.165, 1.54) is 0 Å². The van der Waals surface area contributed by atoms with Crippen LogP contribution >= 0.6 is 0 Å². The minimum Gasteiger partial charge on any atom is -0.494 e. The summed E-state index contributed by atoms with van der Waals surface area (Å²) in [5.74, 6) is 0.898. The van der Waals surface area contributed by atoms with E-state index in [9.17, 15) is 9.59 Å². The second-order valence-electron chi connectivity index (χ2n) is 7.08.